The number of nitrogens with one attached hydrogen (secondary N) is 2. The molecule has 0 aliphatic rings. The first-order valence-corrected chi connectivity index (χ1v) is 9.57. The molecule has 1 aromatic carbocycles. The lowest BCUT2D eigenvalue weighted by atomic mass is 10.1. The topological polar surface area (TPSA) is 97.4 Å². The second kappa shape index (κ2) is 8.29. The number of hydrogen-bond acceptors (Lipinski definition) is 5. The number of pyridine rings is 1. The summed E-state index contributed by atoms with van der Waals surface area (Å²) in [5, 5.41) is 2.68. The Hall–Kier alpha value is -2.45. The van der Waals surface area contributed by atoms with Gasteiger partial charge in [-0.05, 0) is 55.7 Å². The number of carbonyl (C=O) groups excluding carboxylic acids is 1. The summed E-state index contributed by atoms with van der Waals surface area (Å²) in [7, 11) is -2.51. The summed E-state index contributed by atoms with van der Waals surface area (Å²) in [4.78, 5) is 16.2. The van der Waals surface area contributed by atoms with Crippen LogP contribution in [0.4, 0.5) is 0 Å². The summed E-state index contributed by atoms with van der Waals surface area (Å²) in [6.07, 6.45) is 3.27. The number of methoxy groups -OCH3 is 1. The first-order chi connectivity index (χ1) is 12.2. The number of rotatable bonds is 7. The summed E-state index contributed by atoms with van der Waals surface area (Å²) >= 11 is 0. The molecule has 0 unspecified atom stereocenters. The SMILES string of the molecule is COc1cc(C)c(C)cc1S(=O)(=O)N[C@@H](C)C(=O)NCc1cccnc1. The first kappa shape index (κ1) is 19.9. The van der Waals surface area contributed by atoms with Gasteiger partial charge >= 0.3 is 0 Å². The molecule has 2 aromatic rings. The van der Waals surface area contributed by atoms with Crippen molar-refractivity contribution in [2.75, 3.05) is 7.11 Å². The zero-order chi connectivity index (χ0) is 19.3. The van der Waals surface area contributed by atoms with E-state index in [-0.39, 0.29) is 17.2 Å². The second-order valence-electron chi connectivity index (χ2n) is 6.01. The molecule has 1 aromatic heterocycles. The van der Waals surface area contributed by atoms with Crippen LogP contribution in [-0.4, -0.2) is 32.5 Å². The third-order valence-corrected chi connectivity index (χ3v) is 5.55. The van der Waals surface area contributed by atoms with Crippen LogP contribution in [0.1, 0.15) is 23.6 Å². The van der Waals surface area contributed by atoms with Crippen molar-refractivity contribution in [1.82, 2.24) is 15.0 Å². The molecule has 0 aliphatic heterocycles. The highest BCUT2D eigenvalue weighted by Gasteiger charge is 2.25. The van der Waals surface area contributed by atoms with Crippen molar-refractivity contribution in [3.05, 3.63) is 53.3 Å². The monoisotopic (exact) mass is 377 g/mol. The van der Waals surface area contributed by atoms with Gasteiger partial charge < -0.3 is 10.1 Å². The molecule has 0 saturated carbocycles. The molecule has 2 N–H and O–H groups in total. The molecule has 0 aliphatic carbocycles. The minimum Gasteiger partial charge on any atom is -0.495 e. The molecule has 8 heteroatoms. The van der Waals surface area contributed by atoms with E-state index in [4.69, 9.17) is 4.74 Å². The van der Waals surface area contributed by atoms with E-state index in [1.54, 1.807) is 24.5 Å². The standard InChI is InChI=1S/C18H23N3O4S/c1-12-8-16(25-4)17(9-13(12)2)26(23,24)21-14(3)18(22)20-11-15-6-5-7-19-10-15/h5-10,14,21H,11H2,1-4H3,(H,20,22)/t14-/m0/s1. The van der Waals surface area contributed by atoms with Crippen molar-refractivity contribution in [2.45, 2.75) is 38.3 Å². The molecule has 2 rings (SSSR count). The van der Waals surface area contributed by atoms with Crippen LogP contribution in [0.5, 0.6) is 5.75 Å². The van der Waals surface area contributed by atoms with Crippen LogP contribution >= 0.6 is 0 Å². The molecular weight excluding hydrogens is 354 g/mol. The molecule has 0 spiro atoms. The Morgan fingerprint density at radius 2 is 1.96 bits per heavy atom. The van der Waals surface area contributed by atoms with E-state index in [9.17, 15) is 13.2 Å². The Labute approximate surface area is 153 Å². The molecule has 0 radical (unpaired) electrons. The van der Waals surface area contributed by atoms with Gasteiger partial charge in [-0.1, -0.05) is 6.07 Å². The van der Waals surface area contributed by atoms with Gasteiger partial charge in [-0.2, -0.15) is 4.72 Å². The van der Waals surface area contributed by atoms with Gasteiger partial charge in [0.2, 0.25) is 15.9 Å². The smallest absolute Gasteiger partial charge is 0.244 e. The predicted molar refractivity (Wildman–Crippen MR) is 98.3 cm³/mol. The van der Waals surface area contributed by atoms with E-state index in [0.29, 0.717) is 0 Å². The fourth-order valence-electron chi connectivity index (χ4n) is 2.33. The lowest BCUT2D eigenvalue weighted by Crippen LogP contribution is -2.44. The van der Waals surface area contributed by atoms with E-state index in [2.05, 4.69) is 15.0 Å². The van der Waals surface area contributed by atoms with Crippen LogP contribution in [0.3, 0.4) is 0 Å². The molecule has 26 heavy (non-hydrogen) atoms. The number of sulfonamides is 1. The Morgan fingerprint density at radius 3 is 2.58 bits per heavy atom. The minimum atomic E-state index is -3.92. The summed E-state index contributed by atoms with van der Waals surface area (Å²) in [6, 6.07) is 5.85. The van der Waals surface area contributed by atoms with E-state index in [1.165, 1.54) is 20.1 Å². The fourth-order valence-corrected chi connectivity index (χ4v) is 3.77. The summed E-state index contributed by atoms with van der Waals surface area (Å²) in [5.74, 6) is -0.191. The van der Waals surface area contributed by atoms with Gasteiger partial charge in [-0.3, -0.25) is 9.78 Å². The summed E-state index contributed by atoms with van der Waals surface area (Å²) in [5.41, 5.74) is 2.56. The largest absolute Gasteiger partial charge is 0.495 e. The van der Waals surface area contributed by atoms with Crippen molar-refractivity contribution >= 4 is 15.9 Å². The van der Waals surface area contributed by atoms with Gasteiger partial charge in [0, 0.05) is 18.9 Å². The second-order valence-corrected chi connectivity index (χ2v) is 7.69. The normalized spacial score (nSPS) is 12.5. The lowest BCUT2D eigenvalue weighted by molar-refractivity contribution is -0.122. The molecular formula is C18H23N3O4S. The summed E-state index contributed by atoms with van der Waals surface area (Å²) < 4.78 is 32.9. The van der Waals surface area contributed by atoms with Crippen LogP contribution in [-0.2, 0) is 21.4 Å². The van der Waals surface area contributed by atoms with Gasteiger partial charge in [0.15, 0.2) is 0 Å². The number of benzene rings is 1. The van der Waals surface area contributed by atoms with Crippen molar-refractivity contribution < 1.29 is 17.9 Å². The van der Waals surface area contributed by atoms with Gasteiger partial charge in [-0.15, -0.1) is 0 Å². The Morgan fingerprint density at radius 1 is 1.27 bits per heavy atom. The number of carbonyl (C=O) groups is 1. The molecule has 1 atom stereocenters. The highest BCUT2D eigenvalue weighted by atomic mass is 32.2. The van der Waals surface area contributed by atoms with Crippen molar-refractivity contribution in [1.29, 1.82) is 0 Å². The summed E-state index contributed by atoms with van der Waals surface area (Å²) in [6.45, 7) is 5.45. The van der Waals surface area contributed by atoms with Gasteiger partial charge in [-0.25, -0.2) is 8.42 Å². The third-order valence-electron chi connectivity index (χ3n) is 3.98. The third kappa shape index (κ3) is 4.80. The molecule has 1 heterocycles. The Balaban J connectivity index is 2.11. The maximum absolute atomic E-state index is 12.7. The fraction of sp³-hybridized carbons (Fsp3) is 0.333. The zero-order valence-corrected chi connectivity index (χ0v) is 16.1. The quantitative estimate of drug-likeness (QED) is 0.765. The highest BCUT2D eigenvalue weighted by Crippen LogP contribution is 2.27. The van der Waals surface area contributed by atoms with Crippen molar-refractivity contribution in [3.8, 4) is 5.75 Å². The van der Waals surface area contributed by atoms with Crippen LogP contribution in [0.15, 0.2) is 41.6 Å². The van der Waals surface area contributed by atoms with Gasteiger partial charge in [0.05, 0.1) is 13.2 Å². The Bertz CT molecular complexity index is 883. The molecule has 1 amide bonds. The van der Waals surface area contributed by atoms with Crippen molar-refractivity contribution in [3.63, 3.8) is 0 Å². The van der Waals surface area contributed by atoms with Gasteiger partial charge in [0.25, 0.3) is 0 Å². The minimum absolute atomic E-state index is 0.00927. The Kier molecular flexibility index (Phi) is 6.33. The number of hydrogen-bond donors (Lipinski definition) is 2. The van der Waals surface area contributed by atoms with E-state index < -0.39 is 22.0 Å². The van der Waals surface area contributed by atoms with E-state index >= 15 is 0 Å². The number of nitrogens with zero attached hydrogens (tertiary/aromatic N) is 1. The molecule has 0 saturated heterocycles. The average Bonchev–Trinajstić information content (AvgIpc) is 2.61. The lowest BCUT2D eigenvalue weighted by Gasteiger charge is -2.17. The molecule has 7 nitrogen and oxygen atoms in total. The maximum atomic E-state index is 12.7. The van der Waals surface area contributed by atoms with Crippen LogP contribution in [0, 0.1) is 13.8 Å². The first-order valence-electron chi connectivity index (χ1n) is 8.09. The predicted octanol–water partition coefficient (Wildman–Crippen LogP) is 1.69. The highest BCUT2D eigenvalue weighted by molar-refractivity contribution is 7.89. The van der Waals surface area contributed by atoms with Crippen molar-refractivity contribution in [2.24, 2.45) is 0 Å². The maximum Gasteiger partial charge on any atom is 0.244 e. The number of ether oxygens (including phenoxy) is 1. The van der Waals surface area contributed by atoms with Crippen LogP contribution < -0.4 is 14.8 Å². The number of aromatic nitrogens is 1. The van der Waals surface area contributed by atoms with E-state index in [0.717, 1.165) is 16.7 Å². The van der Waals surface area contributed by atoms with Crippen LogP contribution in [0.2, 0.25) is 0 Å². The van der Waals surface area contributed by atoms with Crippen LogP contribution in [0.25, 0.3) is 0 Å². The van der Waals surface area contributed by atoms with E-state index in [1.807, 2.05) is 19.9 Å². The zero-order valence-electron chi connectivity index (χ0n) is 15.2. The average molecular weight is 377 g/mol. The number of amides is 1. The van der Waals surface area contributed by atoms with Gasteiger partial charge in [0.1, 0.15) is 10.6 Å². The molecule has 0 bridgehead atoms. The molecule has 140 valence electrons. The number of aryl methyl sites for hydroxylation is 2. The molecule has 0 fully saturated rings.